The molecule has 39 heavy (non-hydrogen) atoms. The Morgan fingerprint density at radius 1 is 1.08 bits per heavy atom. The van der Waals surface area contributed by atoms with Crippen LogP contribution in [0.1, 0.15) is 28.7 Å². The second-order valence-corrected chi connectivity index (χ2v) is 10.2. The van der Waals surface area contributed by atoms with Crippen LogP contribution in [-0.2, 0) is 20.8 Å². The number of carbonyl (C=O) groups is 3. The number of benzene rings is 2. The smallest absolute Gasteiger partial charge is 0.255 e. The number of nitrogens with zero attached hydrogens (tertiary/aromatic N) is 1. The van der Waals surface area contributed by atoms with E-state index in [9.17, 15) is 39.2 Å². The zero-order chi connectivity index (χ0) is 28.4. The van der Waals surface area contributed by atoms with Gasteiger partial charge in [-0.2, -0.15) is 0 Å². The summed E-state index contributed by atoms with van der Waals surface area (Å²) in [4.78, 5) is 40.5. The van der Waals surface area contributed by atoms with E-state index in [0.29, 0.717) is 11.1 Å². The molecule has 2 aromatic carbocycles. The predicted octanol–water partition coefficient (Wildman–Crippen LogP) is 1.50. The minimum Gasteiger partial charge on any atom is -0.508 e. The Balaban J connectivity index is 1.69. The second-order valence-electron chi connectivity index (χ2n) is 10.2. The number of rotatable bonds is 2. The van der Waals surface area contributed by atoms with Gasteiger partial charge in [0.15, 0.2) is 11.4 Å². The maximum Gasteiger partial charge on any atom is 0.255 e. The molecule has 0 aliphatic heterocycles. The van der Waals surface area contributed by atoms with Crippen molar-refractivity contribution in [3.8, 4) is 17.6 Å². The number of likely N-dealkylation sites (N-methyl/N-ethyl adjacent to an activating group) is 1. The summed E-state index contributed by atoms with van der Waals surface area (Å²) in [5.41, 5.74) is 2.36. The van der Waals surface area contributed by atoms with Gasteiger partial charge in [0.25, 0.3) is 5.91 Å². The molecule has 1 amide bonds. The molecule has 0 bridgehead atoms. The van der Waals surface area contributed by atoms with Gasteiger partial charge < -0.3 is 26.2 Å². The van der Waals surface area contributed by atoms with Gasteiger partial charge in [-0.1, -0.05) is 24.0 Å². The van der Waals surface area contributed by atoms with Crippen molar-refractivity contribution in [2.45, 2.75) is 24.5 Å². The molecule has 0 aromatic heterocycles. The van der Waals surface area contributed by atoms with Gasteiger partial charge in [0.1, 0.15) is 28.7 Å². The van der Waals surface area contributed by atoms with Gasteiger partial charge in [-0.25, -0.2) is 4.39 Å². The predicted molar refractivity (Wildman–Crippen MR) is 137 cm³/mol. The number of hydrogen-bond donors (Lipinski definition) is 5. The molecule has 9 nitrogen and oxygen atoms in total. The summed E-state index contributed by atoms with van der Waals surface area (Å²) in [6.07, 6.45) is 0.0474. The maximum absolute atomic E-state index is 14.1. The minimum atomic E-state index is -2.71. The number of halogens is 1. The van der Waals surface area contributed by atoms with Gasteiger partial charge in [0.2, 0.25) is 5.78 Å². The van der Waals surface area contributed by atoms with E-state index in [1.807, 2.05) is 0 Å². The lowest BCUT2D eigenvalue weighted by Crippen LogP contribution is -2.65. The summed E-state index contributed by atoms with van der Waals surface area (Å²) in [7, 11) is 3.06. The molecule has 3 aliphatic carbocycles. The van der Waals surface area contributed by atoms with Gasteiger partial charge in [-0.15, -0.1) is 0 Å². The van der Waals surface area contributed by atoms with E-state index in [1.165, 1.54) is 49.3 Å². The lowest BCUT2D eigenvalue weighted by atomic mass is 9.57. The van der Waals surface area contributed by atoms with Gasteiger partial charge in [-0.3, -0.25) is 19.3 Å². The Bertz CT molecular complexity index is 1600. The van der Waals surface area contributed by atoms with Crippen LogP contribution in [0.4, 0.5) is 4.39 Å². The van der Waals surface area contributed by atoms with Crippen molar-refractivity contribution in [1.82, 2.24) is 4.90 Å². The van der Waals surface area contributed by atoms with Crippen LogP contribution >= 0.6 is 0 Å². The number of hydrogen-bond acceptors (Lipinski definition) is 8. The fourth-order valence-corrected chi connectivity index (χ4v) is 6.06. The first-order chi connectivity index (χ1) is 18.4. The number of carbonyl (C=O) groups excluding carboxylic acids is 3. The average molecular weight is 533 g/mol. The fraction of sp³-hybridized carbons (Fsp3) is 0.276. The summed E-state index contributed by atoms with van der Waals surface area (Å²) in [5.74, 6) is -2.12. The lowest BCUT2D eigenvalue weighted by Gasteiger charge is -2.50. The SMILES string of the molecule is CN(C)[C@H]1C(=O)C(C(N)=O)=C(O)[C@]2(O)C(=O)C3=C(O)c4c(O)ccc(C#Cc5ccccc5F)c4C[C@@H]3C[C@H]12. The zero-order valence-corrected chi connectivity index (χ0v) is 21.0. The van der Waals surface area contributed by atoms with Crippen molar-refractivity contribution in [1.29, 1.82) is 0 Å². The summed E-state index contributed by atoms with van der Waals surface area (Å²) < 4.78 is 14.1. The van der Waals surface area contributed by atoms with E-state index >= 15 is 0 Å². The van der Waals surface area contributed by atoms with Crippen LogP contribution in [0.25, 0.3) is 5.76 Å². The third-order valence-corrected chi connectivity index (χ3v) is 7.81. The number of primary amides is 1. The third-order valence-electron chi connectivity index (χ3n) is 7.81. The normalized spacial score (nSPS) is 26.0. The number of nitrogens with two attached hydrogens (primary N) is 1. The van der Waals surface area contributed by atoms with Gasteiger partial charge in [0.05, 0.1) is 17.2 Å². The van der Waals surface area contributed by atoms with Gasteiger partial charge in [-0.05, 0) is 62.7 Å². The highest BCUT2D eigenvalue weighted by atomic mass is 19.1. The first-order valence-corrected chi connectivity index (χ1v) is 12.2. The zero-order valence-electron chi connectivity index (χ0n) is 21.0. The van der Waals surface area contributed by atoms with Crippen molar-refractivity contribution in [3.63, 3.8) is 0 Å². The highest BCUT2D eigenvalue weighted by molar-refractivity contribution is 6.24. The highest BCUT2D eigenvalue weighted by Crippen LogP contribution is 2.52. The van der Waals surface area contributed by atoms with Crippen LogP contribution in [0.3, 0.4) is 0 Å². The monoisotopic (exact) mass is 532 g/mol. The summed E-state index contributed by atoms with van der Waals surface area (Å²) in [6, 6.07) is 7.56. The van der Waals surface area contributed by atoms with Crippen LogP contribution in [0.2, 0.25) is 0 Å². The maximum atomic E-state index is 14.1. The molecule has 5 rings (SSSR count). The van der Waals surface area contributed by atoms with E-state index < -0.39 is 63.9 Å². The number of aliphatic hydroxyl groups excluding tert-OH is 2. The Labute approximate surface area is 222 Å². The quantitative estimate of drug-likeness (QED) is 0.287. The van der Waals surface area contributed by atoms with E-state index in [0.717, 1.165) is 0 Å². The van der Waals surface area contributed by atoms with Crippen LogP contribution in [-0.4, -0.2) is 68.5 Å². The Morgan fingerprint density at radius 2 is 1.74 bits per heavy atom. The molecule has 0 radical (unpaired) electrons. The van der Waals surface area contributed by atoms with E-state index in [-0.39, 0.29) is 35.3 Å². The summed E-state index contributed by atoms with van der Waals surface area (Å²) in [5, 5.41) is 44.4. The van der Waals surface area contributed by atoms with Crippen LogP contribution < -0.4 is 5.73 Å². The number of aromatic hydroxyl groups is 1. The molecule has 6 N–H and O–H groups in total. The standard InChI is InChI=1S/C29H25FN2O7/c1-32(2)23-17-12-15-11-16-13(7-8-14-5-3-4-6-18(14)30)9-10-19(33)21(16)24(34)20(15)26(36)29(17,39)27(37)22(25(23)35)28(31)38/h3-6,9-10,15,17,23,33-34,37,39H,11-12H2,1-2H3,(H2,31,38)/t15-,17-,23-,29-/m1/s1. The van der Waals surface area contributed by atoms with E-state index in [1.54, 1.807) is 6.07 Å². The molecule has 4 atom stereocenters. The van der Waals surface area contributed by atoms with Crippen molar-refractivity contribution in [2.75, 3.05) is 14.1 Å². The second kappa shape index (κ2) is 9.08. The Kier molecular flexibility index (Phi) is 6.09. The van der Waals surface area contributed by atoms with Crippen molar-refractivity contribution in [3.05, 3.63) is 81.4 Å². The fourth-order valence-electron chi connectivity index (χ4n) is 6.06. The van der Waals surface area contributed by atoms with Gasteiger partial charge >= 0.3 is 0 Å². The molecule has 3 aliphatic rings. The number of phenolic OH excluding ortho intramolecular Hbond substituents is 1. The lowest BCUT2D eigenvalue weighted by molar-refractivity contribution is -0.153. The topological polar surface area (TPSA) is 161 Å². The number of ketones is 2. The number of phenols is 1. The Morgan fingerprint density at radius 3 is 2.38 bits per heavy atom. The number of amides is 1. The number of aliphatic hydroxyl groups is 3. The molecule has 1 fully saturated rings. The molecule has 0 heterocycles. The molecular weight excluding hydrogens is 507 g/mol. The number of Topliss-reactive ketones (excluding diaryl/α,β-unsaturated/α-hetero) is 2. The molecule has 10 heteroatoms. The van der Waals surface area contributed by atoms with Crippen LogP contribution in [0.15, 0.2) is 53.3 Å². The van der Waals surface area contributed by atoms with E-state index in [2.05, 4.69) is 11.8 Å². The van der Waals surface area contributed by atoms with Crippen LogP contribution in [0.5, 0.6) is 5.75 Å². The largest absolute Gasteiger partial charge is 0.508 e. The van der Waals surface area contributed by atoms with E-state index in [4.69, 9.17) is 5.73 Å². The average Bonchev–Trinajstić information content (AvgIpc) is 2.86. The van der Waals surface area contributed by atoms with Crippen molar-refractivity contribution in [2.24, 2.45) is 17.6 Å². The number of fused-ring (bicyclic) bond motifs is 3. The molecule has 0 unspecified atom stereocenters. The van der Waals surface area contributed by atoms with Crippen molar-refractivity contribution < 1.29 is 39.2 Å². The molecular formula is C29H25FN2O7. The third kappa shape index (κ3) is 3.73. The first kappa shape index (κ1) is 26.2. The molecule has 0 saturated heterocycles. The summed E-state index contributed by atoms with van der Waals surface area (Å²) >= 11 is 0. The molecule has 2 aromatic rings. The highest BCUT2D eigenvalue weighted by Gasteiger charge is 2.64. The summed E-state index contributed by atoms with van der Waals surface area (Å²) in [6.45, 7) is 0. The Hall–Kier alpha value is -4.46. The molecule has 0 spiro atoms. The van der Waals surface area contributed by atoms with Crippen LogP contribution in [0, 0.1) is 29.5 Å². The molecule has 200 valence electrons. The van der Waals surface area contributed by atoms with Gasteiger partial charge in [0, 0.05) is 17.1 Å². The molecule has 1 saturated carbocycles. The minimum absolute atomic E-state index is 0.0401. The van der Waals surface area contributed by atoms with Crippen molar-refractivity contribution >= 4 is 23.2 Å². The first-order valence-electron chi connectivity index (χ1n) is 12.2.